The lowest BCUT2D eigenvalue weighted by Gasteiger charge is -2.05. The highest BCUT2D eigenvalue weighted by Crippen LogP contribution is 2.53. The van der Waals surface area contributed by atoms with E-state index in [1.807, 2.05) is 19.0 Å². The number of nitriles is 1. The van der Waals surface area contributed by atoms with Gasteiger partial charge < -0.3 is 9.64 Å². The summed E-state index contributed by atoms with van der Waals surface area (Å²) < 4.78 is 5.23. The number of aromatic nitrogens is 1. The maximum atomic E-state index is 9.14. The fourth-order valence-electron chi connectivity index (χ4n) is 1.44. The molecule has 1 aromatic rings. The number of nitrogens with zero attached hydrogens (tertiary/aromatic N) is 3. The lowest BCUT2D eigenvalue weighted by Crippen LogP contribution is -2.07. The van der Waals surface area contributed by atoms with Crippen LogP contribution in [0.4, 0.5) is 5.13 Å². The van der Waals surface area contributed by atoms with Crippen molar-refractivity contribution in [3.05, 3.63) is 4.88 Å². The van der Waals surface area contributed by atoms with Crippen LogP contribution in [0.15, 0.2) is 0 Å². The molecule has 1 aliphatic rings. The van der Waals surface area contributed by atoms with Gasteiger partial charge in [0, 0.05) is 14.1 Å². The number of hydrogen-bond acceptors (Lipinski definition) is 5. The smallest absolute Gasteiger partial charge is 0.231 e. The van der Waals surface area contributed by atoms with Gasteiger partial charge in [0.05, 0.1) is 23.5 Å². The zero-order valence-electron chi connectivity index (χ0n) is 9.07. The molecule has 0 unspecified atom stereocenters. The summed E-state index contributed by atoms with van der Waals surface area (Å²) in [6.45, 7) is 0. The van der Waals surface area contributed by atoms with E-state index >= 15 is 0 Å². The minimum atomic E-state index is -0.308. The Balaban J connectivity index is 2.43. The van der Waals surface area contributed by atoms with Crippen molar-refractivity contribution < 1.29 is 4.74 Å². The molecule has 0 amide bonds. The number of rotatable bonds is 3. The molecule has 0 aliphatic heterocycles. The first-order chi connectivity index (χ1) is 7.13. The predicted octanol–water partition coefficient (Wildman–Crippen LogP) is 1.77. The highest BCUT2D eigenvalue weighted by molar-refractivity contribution is 7.16. The maximum absolute atomic E-state index is 9.14. The van der Waals surface area contributed by atoms with E-state index in [0.29, 0.717) is 5.88 Å². The molecule has 5 heteroatoms. The van der Waals surface area contributed by atoms with Crippen molar-refractivity contribution in [3.63, 3.8) is 0 Å². The third-order valence-electron chi connectivity index (χ3n) is 2.56. The monoisotopic (exact) mass is 223 g/mol. The molecule has 80 valence electrons. The SMILES string of the molecule is COc1nc(N(C)C)sc1C1(C#N)CC1. The van der Waals surface area contributed by atoms with E-state index in [4.69, 9.17) is 10.00 Å². The number of anilines is 1. The highest BCUT2D eigenvalue weighted by Gasteiger charge is 2.49. The van der Waals surface area contributed by atoms with Gasteiger partial charge >= 0.3 is 0 Å². The fourth-order valence-corrected chi connectivity index (χ4v) is 2.60. The summed E-state index contributed by atoms with van der Waals surface area (Å²) in [6.07, 6.45) is 1.85. The number of thiazole rings is 1. The largest absolute Gasteiger partial charge is 0.480 e. The number of hydrogen-bond donors (Lipinski definition) is 0. The van der Waals surface area contributed by atoms with Gasteiger partial charge in [-0.15, -0.1) is 0 Å². The summed E-state index contributed by atoms with van der Waals surface area (Å²) in [5, 5.41) is 10.0. The molecule has 0 bridgehead atoms. The Hall–Kier alpha value is -1.28. The lowest BCUT2D eigenvalue weighted by atomic mass is 10.1. The second-order valence-electron chi connectivity index (χ2n) is 3.92. The molecule has 1 saturated carbocycles. The minimum absolute atomic E-state index is 0.308. The Kier molecular flexibility index (Phi) is 2.31. The topological polar surface area (TPSA) is 49.1 Å². The Morgan fingerprint density at radius 1 is 1.53 bits per heavy atom. The van der Waals surface area contributed by atoms with E-state index in [1.165, 1.54) is 0 Å². The molecule has 0 spiro atoms. The van der Waals surface area contributed by atoms with Crippen LogP contribution >= 0.6 is 11.3 Å². The lowest BCUT2D eigenvalue weighted by molar-refractivity contribution is 0.394. The van der Waals surface area contributed by atoms with E-state index in [0.717, 1.165) is 22.9 Å². The van der Waals surface area contributed by atoms with Crippen molar-refractivity contribution in [1.82, 2.24) is 4.98 Å². The molecule has 4 nitrogen and oxygen atoms in total. The van der Waals surface area contributed by atoms with Crippen LogP contribution in [0.1, 0.15) is 17.7 Å². The van der Waals surface area contributed by atoms with Gasteiger partial charge in [0.25, 0.3) is 0 Å². The molecule has 0 atom stereocenters. The molecule has 1 aliphatic carbocycles. The molecular weight excluding hydrogens is 210 g/mol. The summed E-state index contributed by atoms with van der Waals surface area (Å²) in [4.78, 5) is 7.27. The summed E-state index contributed by atoms with van der Waals surface area (Å²) in [5.41, 5.74) is -0.308. The average Bonchev–Trinajstić information content (AvgIpc) is 2.90. The van der Waals surface area contributed by atoms with Crippen molar-refractivity contribution >= 4 is 16.5 Å². The van der Waals surface area contributed by atoms with Gasteiger partial charge in [0.2, 0.25) is 5.88 Å². The van der Waals surface area contributed by atoms with Crippen molar-refractivity contribution in [1.29, 1.82) is 5.26 Å². The van der Waals surface area contributed by atoms with Crippen molar-refractivity contribution in [2.45, 2.75) is 18.3 Å². The van der Waals surface area contributed by atoms with Crippen molar-refractivity contribution in [2.24, 2.45) is 0 Å². The van der Waals surface area contributed by atoms with Gasteiger partial charge in [-0.3, -0.25) is 0 Å². The first kappa shape index (κ1) is 10.2. The van der Waals surface area contributed by atoms with Crippen LogP contribution < -0.4 is 9.64 Å². The van der Waals surface area contributed by atoms with E-state index in [-0.39, 0.29) is 5.41 Å². The molecule has 0 radical (unpaired) electrons. The summed E-state index contributed by atoms with van der Waals surface area (Å²) in [6, 6.07) is 2.37. The van der Waals surface area contributed by atoms with Crippen LogP contribution in [0.25, 0.3) is 0 Å². The van der Waals surface area contributed by atoms with Gasteiger partial charge in [-0.2, -0.15) is 10.2 Å². The summed E-state index contributed by atoms with van der Waals surface area (Å²) >= 11 is 1.55. The van der Waals surface area contributed by atoms with Crippen LogP contribution in [0, 0.1) is 11.3 Å². The third kappa shape index (κ3) is 1.55. The molecule has 0 aromatic carbocycles. The van der Waals surface area contributed by atoms with Crippen molar-refractivity contribution in [3.8, 4) is 11.9 Å². The molecule has 15 heavy (non-hydrogen) atoms. The van der Waals surface area contributed by atoms with Gasteiger partial charge in [0.15, 0.2) is 5.13 Å². The minimum Gasteiger partial charge on any atom is -0.480 e. The van der Waals surface area contributed by atoms with Crippen molar-refractivity contribution in [2.75, 3.05) is 26.1 Å². The van der Waals surface area contributed by atoms with Crippen LogP contribution in [0.2, 0.25) is 0 Å². The van der Waals surface area contributed by atoms with Gasteiger partial charge in [-0.1, -0.05) is 11.3 Å². The summed E-state index contributed by atoms with van der Waals surface area (Å²) in [5.74, 6) is 0.614. The third-order valence-corrected chi connectivity index (χ3v) is 3.97. The predicted molar refractivity (Wildman–Crippen MR) is 59.5 cm³/mol. The second kappa shape index (κ2) is 3.38. The molecule has 0 saturated heterocycles. The highest BCUT2D eigenvalue weighted by atomic mass is 32.1. The molecular formula is C10H13N3OS. The Labute approximate surface area is 93.1 Å². The number of ether oxygens (including phenoxy) is 1. The van der Waals surface area contributed by atoms with Gasteiger partial charge in [-0.05, 0) is 12.8 Å². The number of methoxy groups -OCH3 is 1. The fraction of sp³-hybridized carbons (Fsp3) is 0.600. The molecule has 2 rings (SSSR count). The molecule has 1 heterocycles. The maximum Gasteiger partial charge on any atom is 0.231 e. The molecule has 0 N–H and O–H groups in total. The van der Waals surface area contributed by atoms with Crippen LogP contribution in [0.3, 0.4) is 0 Å². The summed E-state index contributed by atoms with van der Waals surface area (Å²) in [7, 11) is 5.48. The first-order valence-corrected chi connectivity index (χ1v) is 5.58. The zero-order valence-corrected chi connectivity index (χ0v) is 9.89. The Morgan fingerprint density at radius 3 is 2.60 bits per heavy atom. The zero-order chi connectivity index (χ0) is 11.1. The van der Waals surface area contributed by atoms with E-state index in [2.05, 4.69) is 11.1 Å². The van der Waals surface area contributed by atoms with E-state index < -0.39 is 0 Å². The van der Waals surface area contributed by atoms with Crippen LogP contribution in [-0.2, 0) is 5.41 Å². The van der Waals surface area contributed by atoms with Gasteiger partial charge in [-0.25, -0.2) is 0 Å². The van der Waals surface area contributed by atoms with Crippen LogP contribution in [0.5, 0.6) is 5.88 Å². The molecule has 1 aromatic heterocycles. The standard InChI is InChI=1S/C10H13N3OS/c1-13(2)9-12-8(14-3)7(15-9)10(6-11)4-5-10/h4-5H2,1-3H3. The van der Waals surface area contributed by atoms with Gasteiger partial charge in [0.1, 0.15) is 0 Å². The Morgan fingerprint density at radius 2 is 2.20 bits per heavy atom. The van der Waals surface area contributed by atoms with E-state index in [9.17, 15) is 0 Å². The normalized spacial score (nSPS) is 16.9. The first-order valence-electron chi connectivity index (χ1n) is 4.77. The van der Waals surface area contributed by atoms with E-state index in [1.54, 1.807) is 18.4 Å². The average molecular weight is 223 g/mol. The van der Waals surface area contributed by atoms with Crippen LogP contribution in [-0.4, -0.2) is 26.2 Å². The Bertz CT molecular complexity index is 415. The molecule has 1 fully saturated rings. The quantitative estimate of drug-likeness (QED) is 0.783. The second-order valence-corrected chi connectivity index (χ2v) is 4.90.